The monoisotopic (exact) mass is 413 g/mol. The van der Waals surface area contributed by atoms with Crippen molar-refractivity contribution in [3.05, 3.63) is 119 Å². The second-order valence-corrected chi connectivity index (χ2v) is 6.82. The number of hydrogen-bond acceptors (Lipinski definition) is 5. The van der Waals surface area contributed by atoms with Gasteiger partial charge in [-0.05, 0) is 41.5 Å². The van der Waals surface area contributed by atoms with Gasteiger partial charge in [-0.1, -0.05) is 24.3 Å². The molecule has 1 amide bonds. The van der Waals surface area contributed by atoms with Gasteiger partial charge in [-0.25, -0.2) is 9.78 Å². The number of pyridine rings is 4. The molecule has 0 aliphatic rings. The highest BCUT2D eigenvalue weighted by Crippen LogP contribution is 2.38. The lowest BCUT2D eigenvalue weighted by Gasteiger charge is -2.29. The van der Waals surface area contributed by atoms with Crippen LogP contribution in [-0.2, 0) is 0 Å². The third-order valence-electron chi connectivity index (χ3n) is 4.86. The first-order chi connectivity index (χ1) is 15.1. The zero-order valence-corrected chi connectivity index (χ0v) is 16.4. The number of aromatic nitrogens is 4. The van der Waals surface area contributed by atoms with Gasteiger partial charge in [-0.2, -0.15) is 0 Å². The Morgan fingerprint density at radius 3 is 2.19 bits per heavy atom. The molecular formula is C23H19N5O3. The molecule has 0 saturated carbocycles. The maximum absolute atomic E-state index is 12.9. The standard InChI is InChI=1S/C23H19N5O3/c29-20-10-1-2-13-28(20)22(18-8-3-9-19(26-18)27-23(30)31)21(16-6-4-11-24-14-16)17-7-5-12-25-15-17/h1-15,21-22H,(H,26,27)(H,30,31). The number of anilines is 1. The summed E-state index contributed by atoms with van der Waals surface area (Å²) >= 11 is 0. The molecule has 0 aromatic carbocycles. The lowest BCUT2D eigenvalue weighted by atomic mass is 9.84. The Labute approximate surface area is 177 Å². The van der Waals surface area contributed by atoms with Crippen molar-refractivity contribution in [2.75, 3.05) is 5.32 Å². The average molecular weight is 413 g/mol. The van der Waals surface area contributed by atoms with Crippen molar-refractivity contribution >= 4 is 11.9 Å². The van der Waals surface area contributed by atoms with Gasteiger partial charge in [-0.15, -0.1) is 0 Å². The van der Waals surface area contributed by atoms with E-state index in [1.54, 1.807) is 65.9 Å². The summed E-state index contributed by atoms with van der Waals surface area (Å²) in [6, 6.07) is 16.9. The second-order valence-electron chi connectivity index (χ2n) is 6.82. The van der Waals surface area contributed by atoms with Crippen LogP contribution >= 0.6 is 0 Å². The molecule has 0 fully saturated rings. The molecule has 4 aromatic rings. The summed E-state index contributed by atoms with van der Waals surface area (Å²) in [4.78, 5) is 37.0. The van der Waals surface area contributed by atoms with Gasteiger partial charge < -0.3 is 9.67 Å². The van der Waals surface area contributed by atoms with E-state index in [-0.39, 0.29) is 17.3 Å². The van der Waals surface area contributed by atoms with Crippen LogP contribution in [0.25, 0.3) is 0 Å². The molecule has 0 aliphatic carbocycles. The van der Waals surface area contributed by atoms with E-state index in [1.807, 2.05) is 24.3 Å². The van der Waals surface area contributed by atoms with Crippen molar-refractivity contribution in [2.45, 2.75) is 12.0 Å². The van der Waals surface area contributed by atoms with E-state index in [9.17, 15) is 9.59 Å². The highest BCUT2D eigenvalue weighted by molar-refractivity contribution is 5.81. The van der Waals surface area contributed by atoms with Gasteiger partial charge in [0, 0.05) is 43.0 Å². The maximum atomic E-state index is 12.9. The normalized spacial score (nSPS) is 11.8. The van der Waals surface area contributed by atoms with E-state index < -0.39 is 12.1 Å². The number of hydrogen-bond donors (Lipinski definition) is 2. The van der Waals surface area contributed by atoms with E-state index in [2.05, 4.69) is 20.3 Å². The first-order valence-electron chi connectivity index (χ1n) is 9.57. The predicted molar refractivity (Wildman–Crippen MR) is 115 cm³/mol. The largest absolute Gasteiger partial charge is 0.465 e. The van der Waals surface area contributed by atoms with E-state index in [1.165, 1.54) is 6.07 Å². The molecule has 0 radical (unpaired) electrons. The van der Waals surface area contributed by atoms with E-state index in [0.717, 1.165) is 11.1 Å². The topological polar surface area (TPSA) is 110 Å². The Morgan fingerprint density at radius 1 is 0.903 bits per heavy atom. The fraction of sp³-hybridized carbons (Fsp3) is 0.0870. The molecule has 0 saturated heterocycles. The van der Waals surface area contributed by atoms with Crippen LogP contribution in [0, 0.1) is 0 Å². The van der Waals surface area contributed by atoms with Gasteiger partial charge in [0.25, 0.3) is 5.56 Å². The average Bonchev–Trinajstić information content (AvgIpc) is 2.79. The highest BCUT2D eigenvalue weighted by Gasteiger charge is 2.30. The van der Waals surface area contributed by atoms with Crippen molar-refractivity contribution in [3.63, 3.8) is 0 Å². The van der Waals surface area contributed by atoms with Crippen LogP contribution in [0.4, 0.5) is 10.6 Å². The minimum absolute atomic E-state index is 0.176. The molecule has 1 unspecified atom stereocenters. The minimum atomic E-state index is -1.21. The van der Waals surface area contributed by atoms with Crippen molar-refractivity contribution in [1.29, 1.82) is 0 Å². The van der Waals surface area contributed by atoms with Crippen LogP contribution in [0.15, 0.2) is 96.4 Å². The molecule has 0 aliphatic heterocycles. The van der Waals surface area contributed by atoms with Crippen molar-refractivity contribution < 1.29 is 9.90 Å². The zero-order valence-electron chi connectivity index (χ0n) is 16.4. The number of nitrogens with one attached hydrogen (secondary N) is 1. The van der Waals surface area contributed by atoms with Crippen molar-refractivity contribution in [2.24, 2.45) is 0 Å². The van der Waals surface area contributed by atoms with Crippen LogP contribution < -0.4 is 10.9 Å². The molecule has 4 heterocycles. The van der Waals surface area contributed by atoms with Crippen LogP contribution in [0.2, 0.25) is 0 Å². The molecule has 0 spiro atoms. The van der Waals surface area contributed by atoms with E-state index in [0.29, 0.717) is 5.69 Å². The lowest BCUT2D eigenvalue weighted by molar-refractivity contribution is 0.209. The van der Waals surface area contributed by atoms with Crippen LogP contribution in [-0.4, -0.2) is 30.7 Å². The summed E-state index contributed by atoms with van der Waals surface area (Å²) < 4.78 is 1.59. The number of amides is 1. The summed E-state index contributed by atoms with van der Waals surface area (Å²) in [5.41, 5.74) is 2.06. The molecule has 1 atom stereocenters. The van der Waals surface area contributed by atoms with Gasteiger partial charge in [0.05, 0.1) is 11.7 Å². The van der Waals surface area contributed by atoms with E-state index in [4.69, 9.17) is 5.11 Å². The fourth-order valence-electron chi connectivity index (χ4n) is 3.62. The van der Waals surface area contributed by atoms with Gasteiger partial charge in [-0.3, -0.25) is 20.1 Å². The summed E-state index contributed by atoms with van der Waals surface area (Å²) in [6.45, 7) is 0. The molecule has 4 rings (SSSR count). The number of nitrogens with zero attached hydrogens (tertiary/aromatic N) is 4. The lowest BCUT2D eigenvalue weighted by Crippen LogP contribution is -2.30. The molecular weight excluding hydrogens is 394 g/mol. The Kier molecular flexibility index (Phi) is 5.79. The molecule has 8 heteroatoms. The molecule has 4 aromatic heterocycles. The number of carboxylic acid groups (broad SMARTS) is 1. The molecule has 31 heavy (non-hydrogen) atoms. The highest BCUT2D eigenvalue weighted by atomic mass is 16.4. The SMILES string of the molecule is O=C(O)Nc1cccc(C(C(c2cccnc2)c2cccnc2)n2ccccc2=O)n1. The molecule has 0 bridgehead atoms. The summed E-state index contributed by atoms with van der Waals surface area (Å²) in [6.07, 6.45) is 7.35. The minimum Gasteiger partial charge on any atom is -0.465 e. The van der Waals surface area contributed by atoms with Gasteiger partial charge >= 0.3 is 6.09 Å². The smallest absolute Gasteiger partial charge is 0.410 e. The zero-order chi connectivity index (χ0) is 21.6. The second kappa shape index (κ2) is 9.00. The van der Waals surface area contributed by atoms with Crippen molar-refractivity contribution in [3.8, 4) is 0 Å². The Balaban J connectivity index is 1.96. The summed E-state index contributed by atoms with van der Waals surface area (Å²) in [5, 5.41) is 11.4. The van der Waals surface area contributed by atoms with Gasteiger partial charge in [0.15, 0.2) is 0 Å². The molecule has 2 N–H and O–H groups in total. The fourth-order valence-corrected chi connectivity index (χ4v) is 3.62. The Morgan fingerprint density at radius 2 is 1.61 bits per heavy atom. The van der Waals surface area contributed by atoms with Crippen LogP contribution in [0.1, 0.15) is 28.8 Å². The molecule has 154 valence electrons. The number of rotatable bonds is 6. The van der Waals surface area contributed by atoms with Gasteiger partial charge in [0.1, 0.15) is 5.82 Å². The Bertz CT molecular complexity index is 1190. The van der Waals surface area contributed by atoms with Gasteiger partial charge in [0.2, 0.25) is 0 Å². The summed E-state index contributed by atoms with van der Waals surface area (Å²) in [5.74, 6) is -0.176. The third-order valence-corrected chi connectivity index (χ3v) is 4.86. The third kappa shape index (κ3) is 4.48. The quantitative estimate of drug-likeness (QED) is 0.500. The first-order valence-corrected chi connectivity index (χ1v) is 9.57. The predicted octanol–water partition coefficient (Wildman–Crippen LogP) is 3.54. The van der Waals surface area contributed by atoms with Crippen LogP contribution in [0.5, 0.6) is 0 Å². The van der Waals surface area contributed by atoms with Crippen molar-refractivity contribution in [1.82, 2.24) is 19.5 Å². The summed E-state index contributed by atoms with van der Waals surface area (Å²) in [7, 11) is 0. The van der Waals surface area contributed by atoms with E-state index >= 15 is 0 Å². The Hall–Kier alpha value is -4.33. The van der Waals surface area contributed by atoms with Crippen LogP contribution in [0.3, 0.4) is 0 Å². The molecule has 8 nitrogen and oxygen atoms in total. The maximum Gasteiger partial charge on any atom is 0.410 e. The first kappa shape index (κ1) is 20.0. The number of carbonyl (C=O) groups is 1.